The molecule has 14 heavy (non-hydrogen) atoms. The Kier molecular flexibility index (Phi) is 2.09. The van der Waals surface area contributed by atoms with Gasteiger partial charge in [-0.05, 0) is 12.1 Å². The Balaban J connectivity index is 2.85. The molecule has 2 rings (SSSR count). The number of aromatic carboxylic acids is 1. The van der Waals surface area contributed by atoms with E-state index in [9.17, 15) is 4.79 Å². The smallest absolute Gasteiger partial charge is 0.337 e. The van der Waals surface area contributed by atoms with E-state index >= 15 is 0 Å². The molecule has 3 nitrogen and oxygen atoms in total. The van der Waals surface area contributed by atoms with E-state index in [-0.39, 0.29) is 5.56 Å². The normalized spacial score (nSPS) is 10.6. The number of hydrogen-bond acceptors (Lipinski definition) is 3. The van der Waals surface area contributed by atoms with Gasteiger partial charge in [0.05, 0.1) is 16.0 Å². The van der Waals surface area contributed by atoms with Gasteiger partial charge in [-0.1, -0.05) is 11.6 Å². The van der Waals surface area contributed by atoms with Gasteiger partial charge in [0.2, 0.25) is 0 Å². The lowest BCUT2D eigenvalue weighted by Gasteiger charge is -1.98. The van der Waals surface area contributed by atoms with Crippen molar-refractivity contribution in [3.8, 4) is 0 Å². The van der Waals surface area contributed by atoms with Crippen LogP contribution in [0.4, 0.5) is 5.69 Å². The Bertz CT molecular complexity index is 521. The van der Waals surface area contributed by atoms with Crippen molar-refractivity contribution >= 4 is 44.7 Å². The number of nitrogens with two attached hydrogens (primary N) is 1. The summed E-state index contributed by atoms with van der Waals surface area (Å²) in [5, 5.41) is 11.5. The highest BCUT2D eigenvalue weighted by Crippen LogP contribution is 2.33. The van der Waals surface area contributed by atoms with Crippen molar-refractivity contribution in [3.63, 3.8) is 0 Å². The van der Waals surface area contributed by atoms with Crippen molar-refractivity contribution in [2.24, 2.45) is 0 Å². The molecular weight excluding hydrogens is 222 g/mol. The third kappa shape index (κ3) is 1.32. The van der Waals surface area contributed by atoms with Crippen LogP contribution in [0.15, 0.2) is 17.5 Å². The summed E-state index contributed by atoms with van der Waals surface area (Å²) in [7, 11) is 0. The number of benzene rings is 1. The van der Waals surface area contributed by atoms with Gasteiger partial charge >= 0.3 is 5.97 Å². The second-order valence-corrected chi connectivity index (χ2v) is 4.14. The van der Waals surface area contributed by atoms with Crippen molar-refractivity contribution in [1.29, 1.82) is 0 Å². The molecule has 2 aromatic rings. The molecule has 0 amide bonds. The lowest BCUT2D eigenvalue weighted by atomic mass is 10.1. The van der Waals surface area contributed by atoms with Gasteiger partial charge in [-0.2, -0.15) is 0 Å². The second-order valence-electron chi connectivity index (χ2n) is 2.83. The van der Waals surface area contributed by atoms with Crippen molar-refractivity contribution < 1.29 is 9.90 Å². The van der Waals surface area contributed by atoms with Gasteiger partial charge in [0, 0.05) is 15.8 Å². The first kappa shape index (κ1) is 9.30. The van der Waals surface area contributed by atoms with Crippen LogP contribution >= 0.6 is 22.9 Å². The zero-order valence-corrected chi connectivity index (χ0v) is 8.52. The molecule has 72 valence electrons. The van der Waals surface area contributed by atoms with E-state index in [1.54, 1.807) is 17.5 Å². The maximum absolute atomic E-state index is 10.8. The summed E-state index contributed by atoms with van der Waals surface area (Å²) < 4.78 is 0.770. The van der Waals surface area contributed by atoms with E-state index in [0.717, 1.165) is 4.70 Å². The van der Waals surface area contributed by atoms with E-state index in [0.29, 0.717) is 16.1 Å². The largest absolute Gasteiger partial charge is 0.478 e. The first-order chi connectivity index (χ1) is 6.59. The fraction of sp³-hybridized carbons (Fsp3) is 0. The fourth-order valence-corrected chi connectivity index (χ4v) is 2.47. The Labute approximate surface area is 88.7 Å². The molecule has 3 N–H and O–H groups in total. The number of thiophene rings is 1. The third-order valence-corrected chi connectivity index (χ3v) is 3.16. The summed E-state index contributed by atoms with van der Waals surface area (Å²) >= 11 is 7.10. The van der Waals surface area contributed by atoms with E-state index in [2.05, 4.69) is 0 Å². The van der Waals surface area contributed by atoms with E-state index in [1.165, 1.54) is 11.3 Å². The SMILES string of the molecule is Nc1cc(Cl)cc2c(C(=O)O)csc12. The van der Waals surface area contributed by atoms with E-state index < -0.39 is 5.97 Å². The number of carboxylic acids is 1. The number of rotatable bonds is 1. The summed E-state index contributed by atoms with van der Waals surface area (Å²) in [4.78, 5) is 10.8. The molecule has 0 aliphatic rings. The van der Waals surface area contributed by atoms with Crippen molar-refractivity contribution in [3.05, 3.63) is 28.1 Å². The number of carbonyl (C=O) groups is 1. The van der Waals surface area contributed by atoms with Crippen molar-refractivity contribution in [2.45, 2.75) is 0 Å². The van der Waals surface area contributed by atoms with Crippen LogP contribution in [0, 0.1) is 0 Å². The van der Waals surface area contributed by atoms with Crippen LogP contribution < -0.4 is 5.73 Å². The minimum absolute atomic E-state index is 0.249. The summed E-state index contributed by atoms with van der Waals surface area (Å²) in [6, 6.07) is 3.24. The first-order valence-electron chi connectivity index (χ1n) is 3.79. The molecule has 1 aromatic carbocycles. The van der Waals surface area contributed by atoms with Crippen molar-refractivity contribution in [1.82, 2.24) is 0 Å². The van der Waals surface area contributed by atoms with Gasteiger partial charge < -0.3 is 10.8 Å². The molecule has 0 saturated carbocycles. The molecule has 0 fully saturated rings. The van der Waals surface area contributed by atoms with Crippen LogP contribution in [0.3, 0.4) is 0 Å². The zero-order valence-electron chi connectivity index (χ0n) is 6.95. The maximum atomic E-state index is 10.8. The minimum Gasteiger partial charge on any atom is -0.478 e. The second kappa shape index (κ2) is 3.15. The van der Waals surface area contributed by atoms with Crippen LogP contribution in [-0.2, 0) is 0 Å². The lowest BCUT2D eigenvalue weighted by Crippen LogP contribution is -1.94. The number of nitrogen functional groups attached to an aromatic ring is 1. The van der Waals surface area contributed by atoms with Crippen LogP contribution in [0.1, 0.15) is 10.4 Å². The number of fused-ring (bicyclic) bond motifs is 1. The molecule has 5 heteroatoms. The molecule has 1 heterocycles. The van der Waals surface area contributed by atoms with Crippen LogP contribution in [0.5, 0.6) is 0 Å². The Morgan fingerprint density at radius 3 is 2.86 bits per heavy atom. The Morgan fingerprint density at radius 1 is 1.50 bits per heavy atom. The highest BCUT2D eigenvalue weighted by Gasteiger charge is 2.12. The average molecular weight is 228 g/mol. The summed E-state index contributed by atoms with van der Waals surface area (Å²) in [5.41, 5.74) is 6.47. The Hall–Kier alpha value is -1.26. The molecule has 0 atom stereocenters. The molecule has 0 spiro atoms. The van der Waals surface area contributed by atoms with Gasteiger partial charge in [-0.15, -0.1) is 11.3 Å². The standard InChI is InChI=1S/C9H6ClNO2S/c10-4-1-5-6(9(12)13)3-14-8(5)7(11)2-4/h1-3H,11H2,(H,12,13). The number of hydrogen-bond donors (Lipinski definition) is 2. The fourth-order valence-electron chi connectivity index (χ4n) is 1.29. The molecule has 0 radical (unpaired) electrons. The maximum Gasteiger partial charge on any atom is 0.337 e. The van der Waals surface area contributed by atoms with E-state index in [1.807, 2.05) is 0 Å². The van der Waals surface area contributed by atoms with Gasteiger partial charge in [0.25, 0.3) is 0 Å². The van der Waals surface area contributed by atoms with E-state index in [4.69, 9.17) is 22.4 Å². The molecule has 0 saturated heterocycles. The zero-order chi connectivity index (χ0) is 10.3. The van der Waals surface area contributed by atoms with Crippen LogP contribution in [-0.4, -0.2) is 11.1 Å². The Morgan fingerprint density at radius 2 is 2.21 bits per heavy atom. The van der Waals surface area contributed by atoms with Crippen LogP contribution in [0.25, 0.3) is 10.1 Å². The summed E-state index contributed by atoms with van der Waals surface area (Å²) in [5.74, 6) is -0.960. The highest BCUT2D eigenvalue weighted by atomic mass is 35.5. The molecule has 0 aliphatic carbocycles. The lowest BCUT2D eigenvalue weighted by molar-refractivity contribution is 0.0699. The molecule has 0 bridgehead atoms. The predicted octanol–water partition coefficient (Wildman–Crippen LogP) is 2.84. The van der Waals surface area contributed by atoms with Gasteiger partial charge in [-0.25, -0.2) is 4.79 Å². The topological polar surface area (TPSA) is 63.3 Å². The monoisotopic (exact) mass is 227 g/mol. The third-order valence-electron chi connectivity index (χ3n) is 1.90. The van der Waals surface area contributed by atoms with Gasteiger partial charge in [-0.3, -0.25) is 0 Å². The quantitative estimate of drug-likeness (QED) is 0.737. The van der Waals surface area contributed by atoms with Crippen LogP contribution in [0.2, 0.25) is 5.02 Å². The summed E-state index contributed by atoms with van der Waals surface area (Å²) in [6.07, 6.45) is 0. The molecule has 0 aliphatic heterocycles. The number of anilines is 1. The number of carboxylic acid groups (broad SMARTS) is 1. The van der Waals surface area contributed by atoms with Crippen molar-refractivity contribution in [2.75, 3.05) is 5.73 Å². The average Bonchev–Trinajstić information content (AvgIpc) is 2.47. The molecular formula is C9H6ClNO2S. The molecule has 1 aromatic heterocycles. The predicted molar refractivity (Wildman–Crippen MR) is 58.2 cm³/mol. The van der Waals surface area contributed by atoms with Gasteiger partial charge in [0.15, 0.2) is 0 Å². The van der Waals surface area contributed by atoms with Gasteiger partial charge in [0.1, 0.15) is 0 Å². The summed E-state index contributed by atoms with van der Waals surface area (Å²) in [6.45, 7) is 0. The molecule has 0 unspecified atom stereocenters. The highest BCUT2D eigenvalue weighted by molar-refractivity contribution is 7.18. The minimum atomic E-state index is -0.960. The number of halogens is 1. The first-order valence-corrected chi connectivity index (χ1v) is 5.05.